The summed E-state index contributed by atoms with van der Waals surface area (Å²) in [5, 5.41) is 28.4. The molecule has 0 radical (unpaired) electrons. The van der Waals surface area contributed by atoms with E-state index in [-0.39, 0.29) is 44.7 Å². The quantitative estimate of drug-likeness (QED) is 0.0315. The van der Waals surface area contributed by atoms with Gasteiger partial charge in [-0.25, -0.2) is 0 Å². The molecule has 25 heteroatoms. The summed E-state index contributed by atoms with van der Waals surface area (Å²) in [5.41, 5.74) is -1.29. The zero-order valence-corrected chi connectivity index (χ0v) is 34.5. The number of anilines is 5. The summed E-state index contributed by atoms with van der Waals surface area (Å²) >= 11 is 12.5. The Morgan fingerprint density at radius 2 is 1.44 bits per heavy atom. The average molecular weight is 989 g/mol. The van der Waals surface area contributed by atoms with Gasteiger partial charge in [0.25, 0.3) is 20.2 Å². The van der Waals surface area contributed by atoms with Gasteiger partial charge in [0, 0.05) is 27.5 Å². The van der Waals surface area contributed by atoms with Crippen LogP contribution in [0.3, 0.4) is 0 Å². The van der Waals surface area contributed by atoms with Crippen LogP contribution in [0.1, 0.15) is 0 Å². The van der Waals surface area contributed by atoms with Crippen molar-refractivity contribution < 1.29 is 49.5 Å². The number of hydrogen-bond donors (Lipinski definition) is 9. The van der Waals surface area contributed by atoms with Crippen LogP contribution in [0.4, 0.5) is 40.3 Å². The van der Waals surface area contributed by atoms with Gasteiger partial charge in [-0.1, -0.05) is 68.3 Å². The molecule has 6 rings (SSSR count). The van der Waals surface area contributed by atoms with E-state index < -0.39 is 73.7 Å². The number of alkyl halides is 2. The summed E-state index contributed by atoms with van der Waals surface area (Å²) in [4.78, 5) is 21.6. The lowest BCUT2D eigenvalue weighted by molar-refractivity contribution is -0.115. The molecule has 0 saturated heterocycles. The molecule has 6 aromatic rings. The van der Waals surface area contributed by atoms with E-state index in [0.717, 1.165) is 47.2 Å². The van der Waals surface area contributed by atoms with Gasteiger partial charge in [0.15, 0.2) is 5.75 Å². The Morgan fingerprint density at radius 3 is 2.09 bits per heavy atom. The molecule has 57 heavy (non-hydrogen) atoms. The molecule has 1 aromatic heterocycles. The van der Waals surface area contributed by atoms with Crippen LogP contribution in [0.2, 0.25) is 5.28 Å². The van der Waals surface area contributed by atoms with Gasteiger partial charge < -0.3 is 34.7 Å². The summed E-state index contributed by atoms with van der Waals surface area (Å²) in [5.74, 6) is -1.97. The zero-order chi connectivity index (χ0) is 41.4. The summed E-state index contributed by atoms with van der Waals surface area (Å²) < 4.78 is 100. The van der Waals surface area contributed by atoms with E-state index in [1.54, 1.807) is 12.1 Å². The van der Waals surface area contributed by atoms with Crippen molar-refractivity contribution >= 4 is 142 Å². The number of nitrogens with zero attached hydrogens (tertiary/aromatic N) is 5. The molecule has 0 aliphatic rings. The molecule has 5 aromatic carbocycles. The Hall–Kier alpha value is -4.60. The van der Waals surface area contributed by atoms with Gasteiger partial charge in [-0.2, -0.15) is 31.8 Å². The van der Waals surface area contributed by atoms with Gasteiger partial charge in [0.2, 0.25) is 23.1 Å². The van der Waals surface area contributed by atoms with E-state index in [1.807, 2.05) is 30.3 Å². The number of carbonyl (C=O) groups excluding carboxylic acids is 1. The van der Waals surface area contributed by atoms with Crippen molar-refractivity contribution in [1.29, 1.82) is 0 Å². The van der Waals surface area contributed by atoms with Crippen molar-refractivity contribution in [3.63, 3.8) is 0 Å². The van der Waals surface area contributed by atoms with Crippen LogP contribution in [0, 0.1) is 0 Å². The number of fused-ring (bicyclic) bond motifs is 2. The molecular weight excluding hydrogens is 964 g/mol. The van der Waals surface area contributed by atoms with Gasteiger partial charge in [-0.05, 0) is 64.8 Å². The summed E-state index contributed by atoms with van der Waals surface area (Å²) in [6.07, 6.45) is 0. The lowest BCUT2D eigenvalue weighted by Crippen LogP contribution is -2.23. The van der Waals surface area contributed by atoms with Crippen LogP contribution in [0.5, 0.6) is 5.75 Å². The molecule has 0 aliphatic carbocycles. The number of phenols is 1. The molecule has 0 saturated carbocycles. The molecule has 19 nitrogen and oxygen atoms in total. The highest BCUT2D eigenvalue weighted by Crippen LogP contribution is 2.55. The first-order chi connectivity index (χ1) is 26.7. The van der Waals surface area contributed by atoms with E-state index in [4.69, 9.17) is 11.6 Å². The minimum absolute atomic E-state index is 0.0179. The Balaban J connectivity index is 1.51. The van der Waals surface area contributed by atoms with E-state index in [0.29, 0.717) is 5.69 Å². The first-order valence-corrected chi connectivity index (χ1v) is 22.3. The van der Waals surface area contributed by atoms with Crippen LogP contribution in [0.25, 0.3) is 21.5 Å². The molecule has 0 spiro atoms. The van der Waals surface area contributed by atoms with Crippen molar-refractivity contribution in [2.24, 2.45) is 10.2 Å². The Morgan fingerprint density at radius 1 is 0.772 bits per heavy atom. The Labute approximate surface area is 345 Å². The minimum atomic E-state index is -5.00. The monoisotopic (exact) mass is 986 g/mol. The fourth-order valence-electron chi connectivity index (χ4n) is 5.34. The second-order valence-electron chi connectivity index (χ2n) is 11.6. The molecule has 1 unspecified atom stereocenters. The van der Waals surface area contributed by atoms with E-state index >= 15 is 0 Å². The lowest BCUT2D eigenvalue weighted by Gasteiger charge is -2.23. The number of aromatic nitrogens is 3. The zero-order valence-electron chi connectivity index (χ0n) is 28.1. The maximum absolute atomic E-state index is 12.4. The van der Waals surface area contributed by atoms with Gasteiger partial charge in [-0.15, -0.1) is 10.2 Å². The number of hydrogen-bond acceptors (Lipinski definition) is 16. The van der Waals surface area contributed by atoms with Gasteiger partial charge in [0.1, 0.15) is 32.0 Å². The smallest absolute Gasteiger partial charge is 0.296 e. The highest BCUT2D eigenvalue weighted by atomic mass is 79.9. The second-order valence-corrected chi connectivity index (χ2v) is 18.0. The Bertz CT molecular complexity index is 2850. The standard InChI is InChI=1S/C32H25Br2ClN8O11S3/c33-14-20(34)29(45)36-17-8-9-24(56(49,50)51)22(12-17)42-43-27-25(57(52,53)54)11-16-10-18(55(46,47)48)13-23(26(16)28(27)44)38-32-40-30(35)39-31(41-32)37-21-7-3-5-15-4-1-2-6-19(15)21/h1-13,20,44,52-54H,14H2,(H,36,45)(H,46,47,48)(H,49,50,51)(H2,37,38,39,40,41). The molecule has 298 valence electrons. The number of halogens is 3. The van der Waals surface area contributed by atoms with Crippen molar-refractivity contribution in [3.8, 4) is 5.75 Å². The predicted molar refractivity (Wildman–Crippen MR) is 220 cm³/mol. The van der Waals surface area contributed by atoms with Crippen LogP contribution in [-0.2, 0) is 25.0 Å². The van der Waals surface area contributed by atoms with E-state index in [9.17, 15) is 49.5 Å². The lowest BCUT2D eigenvalue weighted by atomic mass is 10.1. The number of phenolic OH excluding ortho intramolecular Hbond substituents is 1. The maximum atomic E-state index is 12.4. The molecule has 0 bridgehead atoms. The van der Waals surface area contributed by atoms with Crippen molar-refractivity contribution in [2.75, 3.05) is 21.3 Å². The molecule has 9 N–H and O–H groups in total. The van der Waals surface area contributed by atoms with Crippen molar-refractivity contribution in [2.45, 2.75) is 19.5 Å². The number of rotatable bonds is 12. The van der Waals surface area contributed by atoms with Gasteiger partial charge in [0.05, 0.1) is 15.5 Å². The first kappa shape index (κ1) is 42.0. The number of aromatic hydroxyl groups is 1. The van der Waals surface area contributed by atoms with Crippen LogP contribution in [0.15, 0.2) is 104 Å². The van der Waals surface area contributed by atoms with Crippen molar-refractivity contribution in [1.82, 2.24) is 15.0 Å². The molecule has 1 amide bonds. The summed E-state index contributed by atoms with van der Waals surface area (Å²) in [6.45, 7) is 0. The minimum Gasteiger partial charge on any atom is -0.505 e. The van der Waals surface area contributed by atoms with Gasteiger partial charge >= 0.3 is 0 Å². The number of azo groups is 1. The highest BCUT2D eigenvalue weighted by Gasteiger charge is 2.29. The molecule has 0 fully saturated rings. The number of amides is 1. The SMILES string of the molecule is O=C(Nc1ccc(S(=O)(=O)O)c(N=Nc2c(S(O)(O)O)cc3cc(S(=O)(=O)O)cc(Nc4nc(Cl)nc(Nc5cccc6ccccc56)n4)c3c2O)c1)C(Br)CBr. The molecule has 1 atom stereocenters. The predicted octanol–water partition coefficient (Wildman–Crippen LogP) is 8.61. The number of benzene rings is 5. The topological polar surface area (TPSA) is 306 Å². The average Bonchev–Trinajstić information content (AvgIpc) is 3.12. The summed E-state index contributed by atoms with van der Waals surface area (Å²) in [6, 6.07) is 18.4. The molecular formula is C32H25Br2ClN8O11S3. The van der Waals surface area contributed by atoms with Crippen LogP contribution < -0.4 is 16.0 Å². The number of nitrogens with one attached hydrogen (secondary N) is 3. The van der Waals surface area contributed by atoms with Crippen LogP contribution >= 0.6 is 54.3 Å². The molecule has 0 aliphatic heterocycles. The van der Waals surface area contributed by atoms with E-state index in [1.165, 1.54) is 0 Å². The molecule has 1 heterocycles. The third kappa shape index (κ3) is 9.58. The maximum Gasteiger partial charge on any atom is 0.296 e. The summed E-state index contributed by atoms with van der Waals surface area (Å²) in [7, 11) is -14.8. The van der Waals surface area contributed by atoms with E-state index in [2.05, 4.69) is 73.0 Å². The Kier molecular flexibility index (Phi) is 12.0. The first-order valence-electron chi connectivity index (χ1n) is 15.5. The highest BCUT2D eigenvalue weighted by molar-refractivity contribution is 9.12. The fraction of sp³-hybridized carbons (Fsp3) is 0.0625. The van der Waals surface area contributed by atoms with Crippen molar-refractivity contribution in [3.05, 3.63) is 84.1 Å². The third-order valence-electron chi connectivity index (χ3n) is 7.79. The second kappa shape index (κ2) is 16.3. The third-order valence-corrected chi connectivity index (χ3v) is 12.8. The largest absolute Gasteiger partial charge is 0.505 e. The normalized spacial score (nSPS) is 13.2. The van der Waals surface area contributed by atoms with Crippen LogP contribution in [-0.4, -0.2) is 75.7 Å². The number of carbonyl (C=O) groups is 1. The fourth-order valence-corrected chi connectivity index (χ4v) is 7.73. The van der Waals surface area contributed by atoms with Gasteiger partial charge in [-0.3, -0.25) is 13.9 Å².